The summed E-state index contributed by atoms with van der Waals surface area (Å²) < 4.78 is 4.75. The van der Waals surface area contributed by atoms with Gasteiger partial charge in [-0.1, -0.05) is 5.16 Å². The van der Waals surface area contributed by atoms with E-state index in [-0.39, 0.29) is 5.28 Å². The van der Waals surface area contributed by atoms with Crippen LogP contribution in [0.15, 0.2) is 28.3 Å². The van der Waals surface area contributed by atoms with Crippen LogP contribution in [0.25, 0.3) is 10.2 Å². The summed E-state index contributed by atoms with van der Waals surface area (Å²) in [6, 6.07) is 3.75. The Balaban J connectivity index is 1.91. The average Bonchev–Trinajstić information content (AvgIpc) is 2.95. The third-order valence-corrected chi connectivity index (χ3v) is 3.20. The highest BCUT2D eigenvalue weighted by atomic mass is 35.5. The molecule has 0 saturated heterocycles. The lowest BCUT2D eigenvalue weighted by Crippen LogP contribution is -2.02. The minimum atomic E-state index is 0.239. The van der Waals surface area contributed by atoms with Gasteiger partial charge in [-0.25, -0.2) is 9.97 Å². The highest BCUT2D eigenvalue weighted by molar-refractivity contribution is 7.16. The second-order valence-corrected chi connectivity index (χ2v) is 4.56. The molecular weight excluding hydrogens is 260 g/mol. The van der Waals surface area contributed by atoms with Crippen molar-refractivity contribution in [2.24, 2.45) is 0 Å². The summed E-state index contributed by atoms with van der Waals surface area (Å²) in [5.74, 6) is 0.712. The van der Waals surface area contributed by atoms with Crippen molar-refractivity contribution in [1.82, 2.24) is 15.1 Å². The van der Waals surface area contributed by atoms with Gasteiger partial charge < -0.3 is 9.84 Å². The van der Waals surface area contributed by atoms with E-state index < -0.39 is 0 Å². The maximum absolute atomic E-state index is 5.85. The predicted molar refractivity (Wildman–Crippen MR) is 66.3 cm³/mol. The Morgan fingerprint density at radius 2 is 2.29 bits per heavy atom. The van der Waals surface area contributed by atoms with E-state index in [1.54, 1.807) is 6.07 Å². The minimum Gasteiger partial charge on any atom is -0.364 e. The fourth-order valence-electron chi connectivity index (χ4n) is 1.47. The van der Waals surface area contributed by atoms with E-state index in [1.807, 2.05) is 11.4 Å². The Bertz CT molecular complexity index is 637. The molecule has 86 valence electrons. The largest absolute Gasteiger partial charge is 0.364 e. The van der Waals surface area contributed by atoms with Crippen LogP contribution in [0, 0.1) is 0 Å². The first-order chi connectivity index (χ1) is 8.33. The van der Waals surface area contributed by atoms with E-state index in [0.717, 1.165) is 15.9 Å². The number of aromatic nitrogens is 3. The molecule has 7 heteroatoms. The van der Waals surface area contributed by atoms with Gasteiger partial charge in [0.25, 0.3) is 0 Å². The maximum Gasteiger partial charge on any atom is 0.225 e. The van der Waals surface area contributed by atoms with Crippen molar-refractivity contribution in [3.8, 4) is 0 Å². The molecule has 3 heterocycles. The number of nitrogens with zero attached hydrogens (tertiary/aromatic N) is 3. The average molecular weight is 267 g/mol. The minimum absolute atomic E-state index is 0.239. The lowest BCUT2D eigenvalue weighted by molar-refractivity contribution is 0.412. The van der Waals surface area contributed by atoms with E-state index in [4.69, 9.17) is 16.1 Å². The normalized spacial score (nSPS) is 10.9. The summed E-state index contributed by atoms with van der Waals surface area (Å²) in [5, 5.41) is 10.1. The molecule has 0 aliphatic heterocycles. The van der Waals surface area contributed by atoms with E-state index in [0.29, 0.717) is 12.4 Å². The predicted octanol–water partition coefficient (Wildman–Crippen LogP) is 2.94. The molecule has 0 aliphatic carbocycles. The first-order valence-electron chi connectivity index (χ1n) is 4.87. The van der Waals surface area contributed by atoms with Gasteiger partial charge in [0.15, 0.2) is 0 Å². The SMILES string of the molecule is Clc1nc(NCc2ccon2)c2ccsc2n1. The van der Waals surface area contributed by atoms with Gasteiger partial charge in [-0.15, -0.1) is 11.3 Å². The number of rotatable bonds is 3. The number of nitrogens with one attached hydrogen (secondary N) is 1. The van der Waals surface area contributed by atoms with E-state index in [9.17, 15) is 0 Å². The van der Waals surface area contributed by atoms with Crippen LogP contribution in [-0.4, -0.2) is 15.1 Å². The molecule has 0 aromatic carbocycles. The van der Waals surface area contributed by atoms with Gasteiger partial charge in [-0.2, -0.15) is 0 Å². The lowest BCUT2D eigenvalue weighted by Gasteiger charge is -2.04. The highest BCUT2D eigenvalue weighted by Gasteiger charge is 2.07. The number of halogens is 1. The summed E-state index contributed by atoms with van der Waals surface area (Å²) in [4.78, 5) is 9.17. The van der Waals surface area contributed by atoms with Crippen LogP contribution in [0.3, 0.4) is 0 Å². The van der Waals surface area contributed by atoms with Gasteiger partial charge in [0.05, 0.1) is 11.9 Å². The molecule has 5 nitrogen and oxygen atoms in total. The van der Waals surface area contributed by atoms with Crippen LogP contribution in [0.2, 0.25) is 5.28 Å². The van der Waals surface area contributed by atoms with Gasteiger partial charge in [-0.05, 0) is 23.0 Å². The highest BCUT2D eigenvalue weighted by Crippen LogP contribution is 2.26. The molecule has 0 radical (unpaired) electrons. The summed E-state index contributed by atoms with van der Waals surface area (Å²) in [6.07, 6.45) is 1.53. The summed E-state index contributed by atoms with van der Waals surface area (Å²) in [6.45, 7) is 0.536. The number of thiophene rings is 1. The second-order valence-electron chi connectivity index (χ2n) is 3.33. The molecule has 1 N–H and O–H groups in total. The smallest absolute Gasteiger partial charge is 0.225 e. The van der Waals surface area contributed by atoms with Gasteiger partial charge in [0.1, 0.15) is 22.6 Å². The van der Waals surface area contributed by atoms with E-state index >= 15 is 0 Å². The number of hydrogen-bond donors (Lipinski definition) is 1. The Labute approximate surface area is 105 Å². The molecule has 0 saturated carbocycles. The third kappa shape index (κ3) is 2.09. The lowest BCUT2D eigenvalue weighted by atomic mass is 10.3. The standard InChI is InChI=1S/C10H7ClN4OS/c11-10-13-8(7-2-4-17-9(7)14-10)12-5-6-1-3-16-15-6/h1-4H,5H2,(H,12,13,14). The maximum atomic E-state index is 5.85. The molecule has 3 aromatic heterocycles. The van der Waals surface area contributed by atoms with E-state index in [1.165, 1.54) is 17.6 Å². The van der Waals surface area contributed by atoms with Gasteiger partial charge in [-0.3, -0.25) is 0 Å². The zero-order valence-electron chi connectivity index (χ0n) is 8.55. The molecule has 0 spiro atoms. The zero-order valence-corrected chi connectivity index (χ0v) is 10.1. The Morgan fingerprint density at radius 1 is 1.35 bits per heavy atom. The van der Waals surface area contributed by atoms with Crippen molar-refractivity contribution >= 4 is 39.0 Å². The van der Waals surface area contributed by atoms with E-state index in [2.05, 4.69) is 20.4 Å². The third-order valence-electron chi connectivity index (χ3n) is 2.23. The fraction of sp³-hybridized carbons (Fsp3) is 0.100. The van der Waals surface area contributed by atoms with Crippen molar-refractivity contribution in [1.29, 1.82) is 0 Å². The molecule has 0 fully saturated rings. The van der Waals surface area contributed by atoms with Crippen LogP contribution < -0.4 is 5.32 Å². The van der Waals surface area contributed by atoms with Crippen molar-refractivity contribution in [2.75, 3.05) is 5.32 Å². The Hall–Kier alpha value is -1.66. The topological polar surface area (TPSA) is 63.8 Å². The summed E-state index contributed by atoms with van der Waals surface area (Å²) >= 11 is 7.38. The summed E-state index contributed by atoms with van der Waals surface area (Å²) in [7, 11) is 0. The Morgan fingerprint density at radius 3 is 3.12 bits per heavy atom. The Kier molecular flexibility index (Phi) is 2.66. The molecule has 17 heavy (non-hydrogen) atoms. The molecule has 0 unspecified atom stereocenters. The molecule has 3 aromatic rings. The molecule has 0 aliphatic rings. The van der Waals surface area contributed by atoms with Crippen molar-refractivity contribution in [3.05, 3.63) is 34.8 Å². The molecule has 0 atom stereocenters. The number of fused-ring (bicyclic) bond motifs is 1. The number of anilines is 1. The van der Waals surface area contributed by atoms with Crippen LogP contribution in [0.5, 0.6) is 0 Å². The van der Waals surface area contributed by atoms with Gasteiger partial charge >= 0.3 is 0 Å². The second kappa shape index (κ2) is 4.31. The van der Waals surface area contributed by atoms with Crippen LogP contribution in [0.1, 0.15) is 5.69 Å². The molecule has 3 rings (SSSR count). The fourth-order valence-corrected chi connectivity index (χ4v) is 2.45. The first-order valence-corrected chi connectivity index (χ1v) is 6.12. The first kappa shape index (κ1) is 10.5. The van der Waals surface area contributed by atoms with Crippen molar-refractivity contribution in [2.45, 2.75) is 6.54 Å². The molecule has 0 bridgehead atoms. The monoisotopic (exact) mass is 266 g/mol. The zero-order chi connectivity index (χ0) is 11.7. The molecular formula is C10H7ClN4OS. The quantitative estimate of drug-likeness (QED) is 0.739. The van der Waals surface area contributed by atoms with Crippen LogP contribution >= 0.6 is 22.9 Å². The van der Waals surface area contributed by atoms with Crippen LogP contribution in [-0.2, 0) is 6.54 Å². The number of hydrogen-bond acceptors (Lipinski definition) is 6. The van der Waals surface area contributed by atoms with Crippen molar-refractivity contribution in [3.63, 3.8) is 0 Å². The van der Waals surface area contributed by atoms with Gasteiger partial charge in [0.2, 0.25) is 5.28 Å². The summed E-state index contributed by atoms with van der Waals surface area (Å²) in [5.41, 5.74) is 0.808. The molecule has 0 amide bonds. The van der Waals surface area contributed by atoms with Gasteiger partial charge in [0, 0.05) is 6.07 Å². The van der Waals surface area contributed by atoms with Crippen molar-refractivity contribution < 1.29 is 4.52 Å². The van der Waals surface area contributed by atoms with Crippen LogP contribution in [0.4, 0.5) is 5.82 Å².